The zero-order valence-corrected chi connectivity index (χ0v) is 15.0. The zero-order valence-electron chi connectivity index (χ0n) is 14.2. The Balaban J connectivity index is 1.84. The summed E-state index contributed by atoms with van der Waals surface area (Å²) in [6, 6.07) is 3.94. The first-order chi connectivity index (χ1) is 10.8. The van der Waals surface area contributed by atoms with Gasteiger partial charge in [0.25, 0.3) is 5.91 Å². The van der Waals surface area contributed by atoms with Crippen molar-refractivity contribution in [2.24, 2.45) is 5.73 Å². The van der Waals surface area contributed by atoms with Crippen molar-refractivity contribution in [3.05, 3.63) is 21.9 Å². The lowest BCUT2D eigenvalue weighted by molar-refractivity contribution is -0.137. The molecule has 1 aromatic heterocycles. The molecule has 23 heavy (non-hydrogen) atoms. The largest absolute Gasteiger partial charge is 0.348 e. The number of likely N-dealkylation sites (tertiary alicyclic amines) is 1. The predicted octanol–water partition coefficient (Wildman–Crippen LogP) is 2.29. The van der Waals surface area contributed by atoms with Crippen LogP contribution in [0.1, 0.15) is 54.1 Å². The summed E-state index contributed by atoms with van der Waals surface area (Å²) >= 11 is 1.51. The minimum absolute atomic E-state index is 0.0116. The van der Waals surface area contributed by atoms with Crippen LogP contribution in [0.25, 0.3) is 0 Å². The number of piperidine rings is 1. The molecule has 1 aromatic rings. The van der Waals surface area contributed by atoms with Gasteiger partial charge in [-0.15, -0.1) is 11.3 Å². The van der Waals surface area contributed by atoms with Gasteiger partial charge in [0.2, 0.25) is 5.91 Å². The predicted molar refractivity (Wildman–Crippen MR) is 93.6 cm³/mol. The normalized spacial score (nSPS) is 18.5. The molecule has 6 heteroatoms. The van der Waals surface area contributed by atoms with Crippen LogP contribution in [0.4, 0.5) is 0 Å². The van der Waals surface area contributed by atoms with Crippen molar-refractivity contribution in [1.29, 1.82) is 0 Å². The fraction of sp³-hybridized carbons (Fsp3) is 0.647. The molecule has 0 aliphatic carbocycles. The van der Waals surface area contributed by atoms with E-state index in [-0.39, 0.29) is 17.9 Å². The van der Waals surface area contributed by atoms with Crippen LogP contribution >= 0.6 is 11.3 Å². The molecule has 2 amide bonds. The first-order valence-corrected chi connectivity index (χ1v) is 9.10. The number of amides is 2. The van der Waals surface area contributed by atoms with Crippen LogP contribution in [-0.4, -0.2) is 41.4 Å². The Hall–Kier alpha value is -1.40. The van der Waals surface area contributed by atoms with E-state index in [0.717, 1.165) is 29.0 Å². The Morgan fingerprint density at radius 2 is 2.04 bits per heavy atom. The van der Waals surface area contributed by atoms with Crippen molar-refractivity contribution >= 4 is 23.2 Å². The molecule has 0 aromatic carbocycles. The zero-order chi connectivity index (χ0) is 17.0. The van der Waals surface area contributed by atoms with Gasteiger partial charge < -0.3 is 16.0 Å². The summed E-state index contributed by atoms with van der Waals surface area (Å²) in [4.78, 5) is 28.4. The van der Waals surface area contributed by atoms with Crippen molar-refractivity contribution in [2.75, 3.05) is 13.1 Å². The number of aryl methyl sites for hydroxylation is 1. The average Bonchev–Trinajstić information content (AvgIpc) is 2.94. The molecule has 1 unspecified atom stereocenters. The van der Waals surface area contributed by atoms with E-state index in [1.165, 1.54) is 11.3 Å². The number of nitrogens with one attached hydrogen (secondary N) is 1. The number of hydrogen-bond acceptors (Lipinski definition) is 4. The lowest BCUT2D eigenvalue weighted by Crippen LogP contribution is -2.56. The van der Waals surface area contributed by atoms with E-state index in [2.05, 4.69) is 5.32 Å². The Morgan fingerprint density at radius 1 is 1.39 bits per heavy atom. The van der Waals surface area contributed by atoms with E-state index < -0.39 is 5.54 Å². The van der Waals surface area contributed by atoms with Crippen LogP contribution in [0.3, 0.4) is 0 Å². The van der Waals surface area contributed by atoms with Crippen LogP contribution in [-0.2, 0) is 4.79 Å². The molecule has 3 N–H and O–H groups in total. The van der Waals surface area contributed by atoms with Gasteiger partial charge in [0.05, 0.1) is 10.4 Å². The number of nitrogens with two attached hydrogens (primary N) is 1. The van der Waals surface area contributed by atoms with Gasteiger partial charge in [-0.25, -0.2) is 0 Å². The van der Waals surface area contributed by atoms with Gasteiger partial charge in [0.1, 0.15) is 0 Å². The number of rotatable bonds is 5. The minimum Gasteiger partial charge on any atom is -0.348 e. The van der Waals surface area contributed by atoms with Crippen LogP contribution in [0.2, 0.25) is 0 Å². The van der Waals surface area contributed by atoms with E-state index in [1.807, 2.05) is 37.8 Å². The Kier molecular flexibility index (Phi) is 5.81. The van der Waals surface area contributed by atoms with E-state index in [0.29, 0.717) is 19.5 Å². The average molecular weight is 337 g/mol. The molecule has 1 aliphatic rings. The van der Waals surface area contributed by atoms with Crippen LogP contribution < -0.4 is 11.1 Å². The maximum atomic E-state index is 12.5. The third kappa shape index (κ3) is 4.54. The molecule has 2 rings (SSSR count). The summed E-state index contributed by atoms with van der Waals surface area (Å²) in [5.74, 6) is 0.0144. The molecule has 0 spiro atoms. The summed E-state index contributed by atoms with van der Waals surface area (Å²) in [7, 11) is 0. The molecule has 0 saturated carbocycles. The van der Waals surface area contributed by atoms with E-state index in [1.54, 1.807) is 0 Å². The van der Waals surface area contributed by atoms with Gasteiger partial charge in [0.15, 0.2) is 0 Å². The SMILES string of the molecule is CCCC(C)(N)C(=O)N1CCC(NC(=O)c2ccc(C)s2)CC1. The summed E-state index contributed by atoms with van der Waals surface area (Å²) < 4.78 is 0. The topological polar surface area (TPSA) is 75.4 Å². The van der Waals surface area contributed by atoms with Crippen LogP contribution in [0, 0.1) is 6.92 Å². The third-order valence-corrected chi connectivity index (χ3v) is 5.34. The van der Waals surface area contributed by atoms with Gasteiger partial charge in [-0.2, -0.15) is 0 Å². The van der Waals surface area contributed by atoms with Gasteiger partial charge in [-0.1, -0.05) is 13.3 Å². The summed E-state index contributed by atoms with van der Waals surface area (Å²) in [5.41, 5.74) is 5.36. The number of carbonyl (C=O) groups is 2. The van der Waals surface area contributed by atoms with Crippen molar-refractivity contribution in [1.82, 2.24) is 10.2 Å². The number of nitrogens with zero attached hydrogens (tertiary/aromatic N) is 1. The fourth-order valence-corrected chi connectivity index (χ4v) is 3.80. The number of carbonyl (C=O) groups excluding carboxylic acids is 2. The molecule has 2 heterocycles. The summed E-state index contributed by atoms with van der Waals surface area (Å²) in [6.07, 6.45) is 3.15. The van der Waals surface area contributed by atoms with Crippen LogP contribution in [0.15, 0.2) is 12.1 Å². The molecular formula is C17H27N3O2S. The lowest BCUT2D eigenvalue weighted by atomic mass is 9.94. The standard InChI is InChI=1S/C17H27N3O2S/c1-4-9-17(3,18)16(22)20-10-7-13(8-11-20)19-15(21)14-6-5-12(2)23-14/h5-6,13H,4,7-11,18H2,1-3H3,(H,19,21). The molecule has 1 atom stereocenters. The van der Waals surface area contributed by atoms with E-state index in [4.69, 9.17) is 5.73 Å². The molecule has 1 aliphatic heterocycles. The molecular weight excluding hydrogens is 310 g/mol. The monoisotopic (exact) mass is 337 g/mol. The smallest absolute Gasteiger partial charge is 0.261 e. The highest BCUT2D eigenvalue weighted by atomic mass is 32.1. The quantitative estimate of drug-likeness (QED) is 0.865. The molecule has 1 fully saturated rings. The van der Waals surface area contributed by atoms with Gasteiger partial charge in [-0.05, 0) is 45.2 Å². The fourth-order valence-electron chi connectivity index (χ4n) is 3.03. The summed E-state index contributed by atoms with van der Waals surface area (Å²) in [6.45, 7) is 7.15. The van der Waals surface area contributed by atoms with Gasteiger partial charge in [-0.3, -0.25) is 9.59 Å². The molecule has 1 saturated heterocycles. The second-order valence-electron chi connectivity index (χ2n) is 6.62. The van der Waals surface area contributed by atoms with Gasteiger partial charge >= 0.3 is 0 Å². The summed E-state index contributed by atoms with van der Waals surface area (Å²) in [5, 5.41) is 3.07. The van der Waals surface area contributed by atoms with Crippen molar-refractivity contribution in [2.45, 2.75) is 58.0 Å². The van der Waals surface area contributed by atoms with Crippen molar-refractivity contribution in [3.63, 3.8) is 0 Å². The molecule has 128 valence electrons. The first-order valence-electron chi connectivity index (χ1n) is 8.29. The third-order valence-electron chi connectivity index (χ3n) is 4.34. The second-order valence-corrected chi connectivity index (χ2v) is 7.91. The Morgan fingerprint density at radius 3 is 2.57 bits per heavy atom. The Labute approximate surface area is 142 Å². The van der Waals surface area contributed by atoms with Crippen molar-refractivity contribution in [3.8, 4) is 0 Å². The van der Waals surface area contributed by atoms with E-state index in [9.17, 15) is 9.59 Å². The van der Waals surface area contributed by atoms with Crippen molar-refractivity contribution < 1.29 is 9.59 Å². The molecule has 5 nitrogen and oxygen atoms in total. The Bertz CT molecular complexity index is 560. The minimum atomic E-state index is -0.778. The first kappa shape index (κ1) is 17.9. The lowest BCUT2D eigenvalue weighted by Gasteiger charge is -2.37. The maximum Gasteiger partial charge on any atom is 0.261 e. The highest BCUT2D eigenvalue weighted by Gasteiger charge is 2.34. The number of thiophene rings is 1. The second kappa shape index (κ2) is 7.45. The molecule has 0 radical (unpaired) electrons. The highest BCUT2D eigenvalue weighted by molar-refractivity contribution is 7.13. The maximum absolute atomic E-state index is 12.5. The van der Waals surface area contributed by atoms with Gasteiger partial charge in [0, 0.05) is 24.0 Å². The van der Waals surface area contributed by atoms with Crippen LogP contribution in [0.5, 0.6) is 0 Å². The highest BCUT2D eigenvalue weighted by Crippen LogP contribution is 2.19. The number of hydrogen-bond donors (Lipinski definition) is 2. The molecule has 0 bridgehead atoms. The van der Waals surface area contributed by atoms with E-state index >= 15 is 0 Å².